The molecule has 2 aromatic carbocycles. The van der Waals surface area contributed by atoms with Gasteiger partial charge in [-0.25, -0.2) is 4.79 Å². The van der Waals surface area contributed by atoms with Crippen LogP contribution in [-0.4, -0.2) is 24.0 Å². The van der Waals surface area contributed by atoms with Crippen LogP contribution < -0.4 is 16.4 Å². The average molecular weight is 415 g/mol. The van der Waals surface area contributed by atoms with Crippen LogP contribution in [0.2, 0.25) is 5.02 Å². The van der Waals surface area contributed by atoms with Gasteiger partial charge in [0.25, 0.3) is 5.91 Å². The Labute approximate surface area is 172 Å². The van der Waals surface area contributed by atoms with Crippen LogP contribution in [0.5, 0.6) is 0 Å². The number of nitrogens with two attached hydrogens (primary N) is 1. The Hall–Kier alpha value is -3.57. The standard InChI is InChI=1S/C20H19ClN4O4/c1-12(19(27)24-16-5-3-2-4-14(16)11-22)29-18(26)10-17(25-20(23)28)13-6-8-15(21)9-7-13/h2-9,12,17H,10H2,1H3,(H,24,27)(H3,23,25,28)/t12-,17+/m0/s1. The van der Waals surface area contributed by atoms with E-state index in [1.54, 1.807) is 48.5 Å². The number of amides is 3. The van der Waals surface area contributed by atoms with Crippen LogP contribution >= 0.6 is 11.6 Å². The van der Waals surface area contributed by atoms with Crippen LogP contribution in [0.3, 0.4) is 0 Å². The normalized spacial score (nSPS) is 12.2. The van der Waals surface area contributed by atoms with Crippen molar-refractivity contribution >= 4 is 35.2 Å². The number of para-hydroxylation sites is 1. The number of benzene rings is 2. The molecule has 2 aromatic rings. The molecule has 9 heteroatoms. The lowest BCUT2D eigenvalue weighted by Gasteiger charge is -2.19. The molecule has 0 aliphatic heterocycles. The molecule has 0 saturated carbocycles. The van der Waals surface area contributed by atoms with Crippen molar-refractivity contribution < 1.29 is 19.1 Å². The molecule has 29 heavy (non-hydrogen) atoms. The Morgan fingerprint density at radius 2 is 1.83 bits per heavy atom. The number of rotatable bonds is 7. The van der Waals surface area contributed by atoms with E-state index in [0.29, 0.717) is 16.3 Å². The summed E-state index contributed by atoms with van der Waals surface area (Å²) in [5, 5.41) is 14.6. The number of hydrogen-bond donors (Lipinski definition) is 3. The molecule has 0 aromatic heterocycles. The summed E-state index contributed by atoms with van der Waals surface area (Å²) in [6.07, 6.45) is -1.36. The van der Waals surface area contributed by atoms with E-state index in [0.717, 1.165) is 0 Å². The highest BCUT2D eigenvalue weighted by atomic mass is 35.5. The number of carbonyl (C=O) groups excluding carboxylic acids is 3. The molecule has 8 nitrogen and oxygen atoms in total. The summed E-state index contributed by atoms with van der Waals surface area (Å²) in [6, 6.07) is 13.4. The van der Waals surface area contributed by atoms with Crippen LogP contribution in [0.1, 0.15) is 30.5 Å². The van der Waals surface area contributed by atoms with Crippen molar-refractivity contribution in [3.05, 3.63) is 64.7 Å². The summed E-state index contributed by atoms with van der Waals surface area (Å²) in [6.45, 7) is 1.40. The van der Waals surface area contributed by atoms with E-state index >= 15 is 0 Å². The minimum atomic E-state index is -1.12. The monoisotopic (exact) mass is 414 g/mol. The zero-order valence-electron chi connectivity index (χ0n) is 15.5. The molecule has 4 N–H and O–H groups in total. The second-order valence-electron chi connectivity index (χ2n) is 6.10. The molecule has 2 rings (SSSR count). The largest absolute Gasteiger partial charge is 0.452 e. The zero-order chi connectivity index (χ0) is 21.4. The van der Waals surface area contributed by atoms with Gasteiger partial charge in [0.1, 0.15) is 6.07 Å². The molecule has 3 amide bonds. The molecule has 0 heterocycles. The van der Waals surface area contributed by atoms with E-state index in [9.17, 15) is 14.4 Å². The summed E-state index contributed by atoms with van der Waals surface area (Å²) in [7, 11) is 0. The van der Waals surface area contributed by atoms with Gasteiger partial charge in [-0.2, -0.15) is 5.26 Å². The average Bonchev–Trinajstić information content (AvgIpc) is 2.68. The number of nitrogens with zero attached hydrogens (tertiary/aromatic N) is 1. The van der Waals surface area contributed by atoms with Gasteiger partial charge in [-0.15, -0.1) is 0 Å². The van der Waals surface area contributed by atoms with E-state index in [4.69, 9.17) is 27.3 Å². The molecule has 0 aliphatic rings. The van der Waals surface area contributed by atoms with Gasteiger partial charge in [0.15, 0.2) is 6.10 Å². The highest BCUT2D eigenvalue weighted by Gasteiger charge is 2.23. The number of nitriles is 1. The number of halogens is 1. The molecule has 0 unspecified atom stereocenters. The zero-order valence-corrected chi connectivity index (χ0v) is 16.3. The third kappa shape index (κ3) is 6.52. The molecule has 2 atom stereocenters. The summed E-state index contributed by atoms with van der Waals surface area (Å²) < 4.78 is 5.16. The molecule has 0 fully saturated rings. The number of anilines is 1. The maximum atomic E-state index is 12.3. The topological polar surface area (TPSA) is 134 Å². The molecule has 0 saturated heterocycles. The van der Waals surface area contributed by atoms with Crippen LogP contribution in [0.15, 0.2) is 48.5 Å². The Balaban J connectivity index is 2.01. The lowest BCUT2D eigenvalue weighted by Crippen LogP contribution is -2.36. The Kier molecular flexibility index (Phi) is 7.57. The van der Waals surface area contributed by atoms with E-state index < -0.39 is 30.1 Å². The van der Waals surface area contributed by atoms with Crippen molar-refractivity contribution in [1.82, 2.24) is 5.32 Å². The fraction of sp³-hybridized carbons (Fsp3) is 0.200. The first-order chi connectivity index (χ1) is 13.8. The number of carbonyl (C=O) groups is 3. The fourth-order valence-electron chi connectivity index (χ4n) is 2.51. The minimum Gasteiger partial charge on any atom is -0.452 e. The predicted octanol–water partition coefficient (Wildman–Crippen LogP) is 2.88. The van der Waals surface area contributed by atoms with Crippen LogP contribution in [0, 0.1) is 11.3 Å². The second kappa shape index (κ2) is 10.1. The number of nitrogens with one attached hydrogen (secondary N) is 2. The van der Waals surface area contributed by atoms with E-state index in [1.807, 2.05) is 6.07 Å². The smallest absolute Gasteiger partial charge is 0.312 e. The summed E-state index contributed by atoms with van der Waals surface area (Å²) in [5.74, 6) is -1.30. The van der Waals surface area contributed by atoms with Gasteiger partial charge in [-0.3, -0.25) is 9.59 Å². The highest BCUT2D eigenvalue weighted by Crippen LogP contribution is 2.20. The third-order valence-electron chi connectivity index (χ3n) is 3.94. The second-order valence-corrected chi connectivity index (χ2v) is 6.53. The van der Waals surface area contributed by atoms with Gasteiger partial charge in [-0.1, -0.05) is 35.9 Å². The van der Waals surface area contributed by atoms with Crippen molar-refractivity contribution in [1.29, 1.82) is 5.26 Å². The van der Waals surface area contributed by atoms with E-state index in [1.165, 1.54) is 6.92 Å². The van der Waals surface area contributed by atoms with Gasteiger partial charge in [0.2, 0.25) is 0 Å². The maximum Gasteiger partial charge on any atom is 0.312 e. The summed E-state index contributed by atoms with van der Waals surface area (Å²) in [4.78, 5) is 35.8. The quantitative estimate of drug-likeness (QED) is 0.599. The maximum absolute atomic E-state index is 12.3. The first-order valence-electron chi connectivity index (χ1n) is 8.61. The van der Waals surface area contributed by atoms with Crippen LogP contribution in [0.25, 0.3) is 0 Å². The molecule has 150 valence electrons. The van der Waals surface area contributed by atoms with Crippen molar-refractivity contribution in [3.63, 3.8) is 0 Å². The summed E-state index contributed by atoms with van der Waals surface area (Å²) >= 11 is 5.85. The van der Waals surface area contributed by atoms with Crippen molar-refractivity contribution in [2.75, 3.05) is 5.32 Å². The van der Waals surface area contributed by atoms with Gasteiger partial charge >= 0.3 is 12.0 Å². The van der Waals surface area contributed by atoms with Crippen LogP contribution in [-0.2, 0) is 14.3 Å². The van der Waals surface area contributed by atoms with Gasteiger partial charge in [-0.05, 0) is 36.8 Å². The number of esters is 1. The van der Waals surface area contributed by atoms with E-state index in [-0.39, 0.29) is 12.0 Å². The number of hydrogen-bond acceptors (Lipinski definition) is 5. The first kappa shape index (κ1) is 21.7. The van der Waals surface area contributed by atoms with Gasteiger partial charge < -0.3 is 21.1 Å². The highest BCUT2D eigenvalue weighted by molar-refractivity contribution is 6.30. The molecular weight excluding hydrogens is 396 g/mol. The molecular formula is C20H19ClN4O4. The Bertz CT molecular complexity index is 940. The number of urea groups is 1. The number of primary amides is 1. The molecule has 0 aliphatic carbocycles. The van der Waals surface area contributed by atoms with E-state index in [2.05, 4.69) is 10.6 Å². The lowest BCUT2D eigenvalue weighted by atomic mass is 10.0. The van der Waals surface area contributed by atoms with Gasteiger partial charge in [0, 0.05) is 5.02 Å². The van der Waals surface area contributed by atoms with Gasteiger partial charge in [0.05, 0.1) is 23.7 Å². The third-order valence-corrected chi connectivity index (χ3v) is 4.19. The first-order valence-corrected chi connectivity index (χ1v) is 8.99. The lowest BCUT2D eigenvalue weighted by molar-refractivity contribution is -0.153. The molecule has 0 bridgehead atoms. The Morgan fingerprint density at radius 1 is 1.17 bits per heavy atom. The van der Waals surface area contributed by atoms with Crippen molar-refractivity contribution in [2.24, 2.45) is 5.73 Å². The SMILES string of the molecule is C[C@H](OC(=O)C[C@@H](NC(N)=O)c1ccc(Cl)cc1)C(=O)Nc1ccccc1C#N. The fourth-order valence-corrected chi connectivity index (χ4v) is 2.63. The van der Waals surface area contributed by atoms with Crippen molar-refractivity contribution in [2.45, 2.75) is 25.5 Å². The van der Waals surface area contributed by atoms with Crippen LogP contribution in [0.4, 0.5) is 10.5 Å². The molecule has 0 spiro atoms. The Morgan fingerprint density at radius 3 is 2.45 bits per heavy atom. The van der Waals surface area contributed by atoms with Crippen molar-refractivity contribution in [3.8, 4) is 6.07 Å². The predicted molar refractivity (Wildman–Crippen MR) is 107 cm³/mol. The number of ether oxygens (including phenoxy) is 1. The minimum absolute atomic E-state index is 0.239. The molecule has 0 radical (unpaired) electrons. The summed E-state index contributed by atoms with van der Waals surface area (Å²) in [5.41, 5.74) is 6.38.